The molecular weight excluding hydrogens is 244 g/mol. The predicted molar refractivity (Wildman–Crippen MR) is 70.4 cm³/mol. The van der Waals surface area contributed by atoms with Gasteiger partial charge in [-0.25, -0.2) is 4.79 Å². The zero-order valence-corrected chi connectivity index (χ0v) is 11.3. The highest BCUT2D eigenvalue weighted by molar-refractivity contribution is 5.68. The summed E-state index contributed by atoms with van der Waals surface area (Å²) >= 11 is 0. The van der Waals surface area contributed by atoms with Gasteiger partial charge in [-0.3, -0.25) is 0 Å². The second kappa shape index (κ2) is 6.21. The lowest BCUT2D eigenvalue weighted by Crippen LogP contribution is -2.36. The number of aliphatic hydroxyl groups is 1. The number of nitrogens with one attached hydrogen (secondary N) is 1. The Kier molecular flexibility index (Phi) is 4.90. The van der Waals surface area contributed by atoms with Gasteiger partial charge in [0.25, 0.3) is 0 Å². The maximum Gasteiger partial charge on any atom is 0.408 e. The molecule has 5 nitrogen and oxygen atoms in total. The van der Waals surface area contributed by atoms with Crippen molar-refractivity contribution in [2.75, 3.05) is 6.61 Å². The third kappa shape index (κ3) is 4.98. The topological polar surface area (TPSA) is 82.3 Å². The molecular formula is C14H18N2O3. The third-order valence-corrected chi connectivity index (χ3v) is 2.32. The summed E-state index contributed by atoms with van der Waals surface area (Å²) in [5.74, 6) is 0. The van der Waals surface area contributed by atoms with Gasteiger partial charge in [0.15, 0.2) is 0 Å². The minimum atomic E-state index is -0.589. The molecule has 0 aliphatic carbocycles. The van der Waals surface area contributed by atoms with Crippen LogP contribution in [0.1, 0.15) is 37.9 Å². The van der Waals surface area contributed by atoms with Crippen LogP contribution in [0.3, 0.4) is 0 Å². The average Bonchev–Trinajstić information content (AvgIpc) is 2.34. The van der Waals surface area contributed by atoms with Crippen molar-refractivity contribution in [2.45, 2.75) is 32.4 Å². The van der Waals surface area contributed by atoms with E-state index in [1.54, 1.807) is 45.0 Å². The number of benzene rings is 1. The SMILES string of the molecule is CC(C)(C)OC(=O)N[C@H](CO)c1ccc(C#N)cc1. The Balaban J connectivity index is 2.72. The minimum Gasteiger partial charge on any atom is -0.444 e. The normalized spacial score (nSPS) is 12.4. The number of alkyl carbamates (subject to hydrolysis) is 1. The largest absolute Gasteiger partial charge is 0.444 e. The van der Waals surface area contributed by atoms with Crippen LogP contribution in [0.5, 0.6) is 0 Å². The molecule has 1 amide bonds. The van der Waals surface area contributed by atoms with Crippen LogP contribution in [0.4, 0.5) is 4.79 Å². The van der Waals surface area contributed by atoms with Gasteiger partial charge in [0, 0.05) is 0 Å². The van der Waals surface area contributed by atoms with Gasteiger partial charge < -0.3 is 15.2 Å². The van der Waals surface area contributed by atoms with Gasteiger partial charge in [0.1, 0.15) is 5.60 Å². The van der Waals surface area contributed by atoms with Gasteiger partial charge in [0.05, 0.1) is 24.3 Å². The molecule has 5 heteroatoms. The minimum absolute atomic E-state index is 0.245. The van der Waals surface area contributed by atoms with Crippen molar-refractivity contribution in [2.24, 2.45) is 0 Å². The van der Waals surface area contributed by atoms with Crippen LogP contribution in [0.25, 0.3) is 0 Å². The summed E-state index contributed by atoms with van der Waals surface area (Å²) in [4.78, 5) is 11.6. The summed E-state index contributed by atoms with van der Waals surface area (Å²) in [6, 6.07) is 8.11. The predicted octanol–water partition coefficient (Wildman–Crippen LogP) is 2.12. The van der Waals surface area contributed by atoms with Crippen LogP contribution < -0.4 is 5.32 Å². The van der Waals surface area contributed by atoms with Crippen molar-refractivity contribution < 1.29 is 14.6 Å². The first kappa shape index (κ1) is 15.0. The zero-order valence-electron chi connectivity index (χ0n) is 11.3. The van der Waals surface area contributed by atoms with Crippen molar-refractivity contribution in [1.82, 2.24) is 5.32 Å². The molecule has 0 aromatic heterocycles. The number of nitriles is 1. The molecule has 2 N–H and O–H groups in total. The van der Waals surface area contributed by atoms with Crippen LogP contribution in [0.2, 0.25) is 0 Å². The zero-order chi connectivity index (χ0) is 14.5. The number of hydrogen-bond acceptors (Lipinski definition) is 4. The van der Waals surface area contributed by atoms with E-state index < -0.39 is 17.7 Å². The van der Waals surface area contributed by atoms with Crippen molar-refractivity contribution in [1.29, 1.82) is 5.26 Å². The van der Waals surface area contributed by atoms with E-state index in [0.29, 0.717) is 11.1 Å². The first-order valence-electron chi connectivity index (χ1n) is 5.96. The third-order valence-electron chi connectivity index (χ3n) is 2.32. The fourth-order valence-corrected chi connectivity index (χ4v) is 1.47. The molecule has 1 aromatic carbocycles. The monoisotopic (exact) mass is 262 g/mol. The second-order valence-electron chi connectivity index (χ2n) is 5.12. The van der Waals surface area contributed by atoms with Crippen LogP contribution in [-0.2, 0) is 4.74 Å². The van der Waals surface area contributed by atoms with E-state index in [1.807, 2.05) is 6.07 Å². The summed E-state index contributed by atoms with van der Waals surface area (Å²) in [5, 5.41) is 20.6. The summed E-state index contributed by atoms with van der Waals surface area (Å²) in [5.41, 5.74) is 0.652. The van der Waals surface area contributed by atoms with Gasteiger partial charge in [0.2, 0.25) is 0 Å². The fourth-order valence-electron chi connectivity index (χ4n) is 1.47. The number of carbonyl (C=O) groups excluding carboxylic acids is 1. The molecule has 0 fully saturated rings. The molecule has 1 rings (SSSR count). The Bertz CT molecular complexity index is 469. The smallest absolute Gasteiger partial charge is 0.408 e. The van der Waals surface area contributed by atoms with Crippen LogP contribution in [0.15, 0.2) is 24.3 Å². The molecule has 1 atom stereocenters. The molecule has 0 aliphatic rings. The Morgan fingerprint density at radius 3 is 2.42 bits per heavy atom. The number of ether oxygens (including phenoxy) is 1. The highest BCUT2D eigenvalue weighted by Gasteiger charge is 2.20. The Hall–Kier alpha value is -2.06. The van der Waals surface area contributed by atoms with E-state index in [1.165, 1.54) is 0 Å². The van der Waals surface area contributed by atoms with Crippen LogP contribution in [-0.4, -0.2) is 23.4 Å². The summed E-state index contributed by atoms with van der Waals surface area (Å²) in [6.45, 7) is 5.05. The second-order valence-corrected chi connectivity index (χ2v) is 5.12. The van der Waals surface area contributed by atoms with Crippen molar-refractivity contribution in [3.05, 3.63) is 35.4 Å². The number of carbonyl (C=O) groups is 1. The van der Waals surface area contributed by atoms with Gasteiger partial charge in [-0.2, -0.15) is 5.26 Å². The molecule has 0 spiro atoms. The van der Waals surface area contributed by atoms with Crippen molar-refractivity contribution in [3.63, 3.8) is 0 Å². The fraction of sp³-hybridized carbons (Fsp3) is 0.429. The molecule has 0 heterocycles. The van der Waals surface area contributed by atoms with Gasteiger partial charge in [-0.1, -0.05) is 12.1 Å². The van der Waals surface area contributed by atoms with E-state index in [-0.39, 0.29) is 6.61 Å². The Morgan fingerprint density at radius 1 is 1.42 bits per heavy atom. The first-order valence-corrected chi connectivity index (χ1v) is 5.96. The van der Waals surface area contributed by atoms with Gasteiger partial charge >= 0.3 is 6.09 Å². The summed E-state index contributed by atoms with van der Waals surface area (Å²) in [7, 11) is 0. The van der Waals surface area contributed by atoms with Gasteiger partial charge in [-0.15, -0.1) is 0 Å². The number of aliphatic hydroxyl groups excluding tert-OH is 1. The Labute approximate surface area is 112 Å². The summed E-state index contributed by atoms with van der Waals surface area (Å²) in [6.07, 6.45) is -0.587. The van der Waals surface area contributed by atoms with Gasteiger partial charge in [-0.05, 0) is 38.5 Å². The number of nitrogens with zero attached hydrogens (tertiary/aromatic N) is 1. The molecule has 1 aromatic rings. The molecule has 19 heavy (non-hydrogen) atoms. The number of hydrogen-bond donors (Lipinski definition) is 2. The lowest BCUT2D eigenvalue weighted by Gasteiger charge is -2.23. The Morgan fingerprint density at radius 2 is 2.00 bits per heavy atom. The van der Waals surface area contributed by atoms with E-state index in [0.717, 1.165) is 0 Å². The maximum absolute atomic E-state index is 11.6. The van der Waals surface area contributed by atoms with Crippen LogP contribution >= 0.6 is 0 Å². The lowest BCUT2D eigenvalue weighted by molar-refractivity contribution is 0.0482. The van der Waals surface area contributed by atoms with E-state index in [2.05, 4.69) is 5.32 Å². The first-order chi connectivity index (χ1) is 8.85. The van der Waals surface area contributed by atoms with E-state index >= 15 is 0 Å². The standard InChI is InChI=1S/C14H18N2O3/c1-14(2,3)19-13(18)16-12(9-17)11-6-4-10(8-15)5-7-11/h4-7,12,17H,9H2,1-3H3,(H,16,18)/t12-/m1/s1. The van der Waals surface area contributed by atoms with Crippen LogP contribution in [0, 0.1) is 11.3 Å². The number of amides is 1. The highest BCUT2D eigenvalue weighted by atomic mass is 16.6. The average molecular weight is 262 g/mol. The van der Waals surface area contributed by atoms with Crippen molar-refractivity contribution >= 4 is 6.09 Å². The molecule has 0 saturated carbocycles. The molecule has 102 valence electrons. The quantitative estimate of drug-likeness (QED) is 0.874. The molecule has 0 unspecified atom stereocenters. The lowest BCUT2D eigenvalue weighted by atomic mass is 10.1. The summed E-state index contributed by atoms with van der Waals surface area (Å²) < 4.78 is 5.12. The molecule has 0 bridgehead atoms. The number of rotatable bonds is 3. The maximum atomic E-state index is 11.6. The van der Waals surface area contributed by atoms with Crippen molar-refractivity contribution in [3.8, 4) is 6.07 Å². The molecule has 0 radical (unpaired) electrons. The van der Waals surface area contributed by atoms with E-state index in [9.17, 15) is 9.90 Å². The van der Waals surface area contributed by atoms with E-state index in [4.69, 9.17) is 10.00 Å². The highest BCUT2D eigenvalue weighted by Crippen LogP contribution is 2.15. The molecule has 0 saturated heterocycles. The molecule has 0 aliphatic heterocycles.